The van der Waals surface area contributed by atoms with Crippen LogP contribution in [-0.4, -0.2) is 45.9 Å². The maximum absolute atomic E-state index is 12.9. The Morgan fingerprint density at radius 2 is 1.07 bits per heavy atom. The maximum atomic E-state index is 12.9. The van der Waals surface area contributed by atoms with Gasteiger partial charge in [0.15, 0.2) is 0 Å². The molecule has 7 heteroatoms. The number of fused-ring (bicyclic) bond motifs is 2. The summed E-state index contributed by atoms with van der Waals surface area (Å²) in [5.41, 5.74) is 0.916. The number of rotatable bonds is 3. The molecule has 2 aliphatic rings. The molecule has 0 fully saturated rings. The fourth-order valence-electron chi connectivity index (χ4n) is 3.32. The van der Waals surface area contributed by atoms with Crippen LogP contribution in [0.4, 0.5) is 0 Å². The Balaban J connectivity index is 1.80. The third kappa shape index (κ3) is 2.55. The fraction of sp³-hybridized carbons (Fsp3) is 0.190. The van der Waals surface area contributed by atoms with E-state index in [1.807, 2.05) is 6.92 Å². The molecule has 0 aromatic heterocycles. The maximum Gasteiger partial charge on any atom is 0.268 e. The van der Waals surface area contributed by atoms with E-state index in [9.17, 15) is 19.2 Å². The Kier molecular flexibility index (Phi) is 4.35. The molecule has 140 valence electrons. The first-order chi connectivity index (χ1) is 13.6. The van der Waals surface area contributed by atoms with Crippen LogP contribution in [0.5, 0.6) is 0 Å². The van der Waals surface area contributed by atoms with Gasteiger partial charge >= 0.3 is 0 Å². The van der Waals surface area contributed by atoms with Crippen LogP contribution in [-0.2, 0) is 0 Å². The molecule has 0 aliphatic carbocycles. The Morgan fingerprint density at radius 3 is 1.39 bits per heavy atom. The summed E-state index contributed by atoms with van der Waals surface area (Å²) in [5, 5.41) is 0. The molecule has 0 N–H and O–H groups in total. The van der Waals surface area contributed by atoms with E-state index in [0.717, 1.165) is 16.2 Å². The van der Waals surface area contributed by atoms with Gasteiger partial charge in [-0.05, 0) is 30.7 Å². The topological polar surface area (TPSA) is 87.1 Å². The minimum atomic E-state index is -0.590. The second kappa shape index (κ2) is 6.84. The van der Waals surface area contributed by atoms with Gasteiger partial charge in [-0.3, -0.25) is 24.2 Å². The summed E-state index contributed by atoms with van der Waals surface area (Å²) in [4.78, 5) is 57.6. The normalized spacial score (nSPS) is 15.2. The largest absolute Gasteiger partial charge is 0.268 e. The summed E-state index contributed by atoms with van der Waals surface area (Å²) in [5.74, 6) is -2.59. The van der Waals surface area contributed by atoms with Crippen LogP contribution in [0, 0.1) is 0 Å². The van der Waals surface area contributed by atoms with Crippen molar-refractivity contribution in [2.24, 2.45) is 4.99 Å². The molecule has 0 bridgehead atoms. The Bertz CT molecular complexity index is 910. The van der Waals surface area contributed by atoms with Crippen LogP contribution in [0.2, 0.25) is 0 Å². The lowest BCUT2D eigenvalue weighted by molar-refractivity contribution is 0.0685. The minimum Gasteiger partial charge on any atom is -0.268 e. The number of carbonyl (C=O) groups is 4. The number of carbonyl (C=O) groups excluding carboxylic acids is 4. The van der Waals surface area contributed by atoms with Gasteiger partial charge in [0, 0.05) is 6.54 Å². The van der Waals surface area contributed by atoms with E-state index in [4.69, 9.17) is 0 Å². The number of hydrogen-bond donors (Lipinski definition) is 0. The van der Waals surface area contributed by atoms with Crippen molar-refractivity contribution in [1.29, 1.82) is 0 Å². The monoisotopic (exact) mass is 375 g/mol. The van der Waals surface area contributed by atoms with Gasteiger partial charge < -0.3 is 0 Å². The first-order valence-electron chi connectivity index (χ1n) is 9.06. The highest BCUT2D eigenvalue weighted by molar-refractivity contribution is 6.36. The first-order valence-corrected chi connectivity index (χ1v) is 9.06. The van der Waals surface area contributed by atoms with Crippen LogP contribution in [0.15, 0.2) is 53.5 Å². The molecule has 2 aromatic rings. The molecule has 0 radical (unpaired) electrons. The summed E-state index contributed by atoms with van der Waals surface area (Å²) in [6.45, 7) is 2.26. The Labute approximate surface area is 161 Å². The number of imide groups is 2. The molecular weight excluding hydrogens is 358 g/mol. The number of unbranched alkanes of at least 4 members (excludes halogenated alkanes) is 1. The molecule has 4 amide bonds. The Hall–Kier alpha value is -3.61. The smallest absolute Gasteiger partial charge is 0.268 e. The van der Waals surface area contributed by atoms with Gasteiger partial charge in [-0.15, -0.1) is 0 Å². The van der Waals surface area contributed by atoms with Crippen molar-refractivity contribution in [3.63, 3.8) is 0 Å². The molecule has 7 nitrogen and oxygen atoms in total. The molecule has 2 aliphatic heterocycles. The van der Waals surface area contributed by atoms with Gasteiger partial charge in [-0.2, -0.15) is 0 Å². The van der Waals surface area contributed by atoms with Crippen LogP contribution < -0.4 is 0 Å². The third-order valence-electron chi connectivity index (χ3n) is 4.75. The van der Waals surface area contributed by atoms with E-state index in [2.05, 4.69) is 4.99 Å². The van der Waals surface area contributed by atoms with E-state index in [0.29, 0.717) is 6.42 Å². The predicted molar refractivity (Wildman–Crippen MR) is 101 cm³/mol. The van der Waals surface area contributed by atoms with E-state index < -0.39 is 23.6 Å². The third-order valence-corrected chi connectivity index (χ3v) is 4.75. The average Bonchev–Trinajstić information content (AvgIpc) is 3.12. The number of guanidine groups is 1. The summed E-state index contributed by atoms with van der Waals surface area (Å²) in [7, 11) is 0. The number of hydrogen-bond acceptors (Lipinski definition) is 5. The van der Waals surface area contributed by atoms with Crippen LogP contribution in [0.1, 0.15) is 61.2 Å². The van der Waals surface area contributed by atoms with E-state index >= 15 is 0 Å². The minimum absolute atomic E-state index is 0.229. The van der Waals surface area contributed by atoms with Crippen molar-refractivity contribution in [1.82, 2.24) is 9.80 Å². The summed E-state index contributed by atoms with van der Waals surface area (Å²) in [6, 6.07) is 12.8. The zero-order valence-corrected chi connectivity index (χ0v) is 15.2. The highest BCUT2D eigenvalue weighted by Crippen LogP contribution is 2.28. The van der Waals surface area contributed by atoms with E-state index in [-0.39, 0.29) is 34.8 Å². The summed E-state index contributed by atoms with van der Waals surface area (Å²) >= 11 is 0. The molecule has 0 saturated heterocycles. The van der Waals surface area contributed by atoms with Gasteiger partial charge in [0.2, 0.25) is 5.96 Å². The van der Waals surface area contributed by atoms with Crippen LogP contribution in [0.3, 0.4) is 0 Å². The molecule has 4 rings (SSSR count). The average molecular weight is 375 g/mol. The van der Waals surface area contributed by atoms with E-state index in [1.54, 1.807) is 48.5 Å². The number of amides is 4. The second-order valence-corrected chi connectivity index (χ2v) is 6.52. The van der Waals surface area contributed by atoms with Crippen LogP contribution in [0.25, 0.3) is 0 Å². The SMILES string of the molecule is CCCCN=C(N1C(=O)c2ccccc2C1=O)N1C(=O)c2ccccc2C1=O. The van der Waals surface area contributed by atoms with Crippen molar-refractivity contribution in [2.75, 3.05) is 6.54 Å². The first kappa shape index (κ1) is 17.8. The van der Waals surface area contributed by atoms with Crippen molar-refractivity contribution >= 4 is 29.6 Å². The number of benzene rings is 2. The second-order valence-electron chi connectivity index (χ2n) is 6.52. The zero-order valence-electron chi connectivity index (χ0n) is 15.2. The van der Waals surface area contributed by atoms with Gasteiger partial charge in [0.25, 0.3) is 23.6 Å². The van der Waals surface area contributed by atoms with Gasteiger partial charge in [0.05, 0.1) is 22.3 Å². The standard InChI is InChI=1S/C21H17N3O4/c1-2-3-12-22-21(23-17(25)13-8-4-5-9-14(13)18(23)26)24-19(27)15-10-6-7-11-16(15)20(24)28/h4-11H,2-3,12H2,1H3. The lowest BCUT2D eigenvalue weighted by atomic mass is 10.1. The molecule has 0 spiro atoms. The highest BCUT2D eigenvalue weighted by Gasteiger charge is 2.46. The molecule has 2 aromatic carbocycles. The fourth-order valence-corrected chi connectivity index (χ4v) is 3.32. The lowest BCUT2D eigenvalue weighted by Crippen LogP contribution is -2.49. The van der Waals surface area contributed by atoms with Gasteiger partial charge in [-0.1, -0.05) is 37.6 Å². The van der Waals surface area contributed by atoms with Crippen molar-refractivity contribution in [3.05, 3.63) is 70.8 Å². The molecule has 2 heterocycles. The molecule has 0 atom stereocenters. The molecule has 0 unspecified atom stereocenters. The van der Waals surface area contributed by atoms with Gasteiger partial charge in [-0.25, -0.2) is 9.80 Å². The number of aliphatic imine (C=N–C) groups is 1. The quantitative estimate of drug-likeness (QED) is 0.357. The zero-order chi connectivity index (χ0) is 19.8. The highest BCUT2D eigenvalue weighted by atomic mass is 16.2. The summed E-state index contributed by atoms with van der Waals surface area (Å²) < 4.78 is 0. The Morgan fingerprint density at radius 1 is 0.714 bits per heavy atom. The summed E-state index contributed by atoms with van der Waals surface area (Å²) in [6.07, 6.45) is 1.52. The molecular formula is C21H17N3O4. The van der Waals surface area contributed by atoms with Crippen molar-refractivity contribution < 1.29 is 19.2 Å². The van der Waals surface area contributed by atoms with Crippen LogP contribution >= 0.6 is 0 Å². The molecule has 28 heavy (non-hydrogen) atoms. The van der Waals surface area contributed by atoms with Crippen molar-refractivity contribution in [2.45, 2.75) is 19.8 Å². The predicted octanol–water partition coefficient (Wildman–Crippen LogP) is 2.73. The van der Waals surface area contributed by atoms with Crippen molar-refractivity contribution in [3.8, 4) is 0 Å². The lowest BCUT2D eigenvalue weighted by Gasteiger charge is -2.23. The van der Waals surface area contributed by atoms with Gasteiger partial charge in [0.1, 0.15) is 0 Å². The molecule has 0 saturated carbocycles. The van der Waals surface area contributed by atoms with E-state index in [1.165, 1.54) is 0 Å². The number of nitrogens with zero attached hydrogens (tertiary/aromatic N) is 3.